The standard InChI is InChI=1S/C12H15N5O2/c1-16(2)8-11-13-14-15-17(11)10-7-5-4-6-9(10)12(18)19-3/h4-7H,8H2,1-3H3. The van der Waals surface area contributed by atoms with Gasteiger partial charge in [0.1, 0.15) is 0 Å². The van der Waals surface area contributed by atoms with E-state index < -0.39 is 5.97 Å². The Morgan fingerprint density at radius 2 is 2.11 bits per heavy atom. The van der Waals surface area contributed by atoms with Crippen LogP contribution in [0.4, 0.5) is 0 Å². The maximum absolute atomic E-state index is 11.7. The molecule has 0 fully saturated rings. The first-order valence-corrected chi connectivity index (χ1v) is 5.73. The van der Waals surface area contributed by atoms with Crippen molar-refractivity contribution in [3.63, 3.8) is 0 Å². The Kier molecular flexibility index (Phi) is 3.86. The van der Waals surface area contributed by atoms with Crippen LogP contribution in [0, 0.1) is 0 Å². The van der Waals surface area contributed by atoms with Gasteiger partial charge in [-0.2, -0.15) is 4.68 Å². The largest absolute Gasteiger partial charge is 0.465 e. The van der Waals surface area contributed by atoms with Crippen molar-refractivity contribution in [2.24, 2.45) is 0 Å². The summed E-state index contributed by atoms with van der Waals surface area (Å²) < 4.78 is 6.31. The zero-order chi connectivity index (χ0) is 13.8. The molecule has 0 atom stereocenters. The second-order valence-corrected chi connectivity index (χ2v) is 4.25. The zero-order valence-corrected chi connectivity index (χ0v) is 11.1. The van der Waals surface area contributed by atoms with Crippen molar-refractivity contribution in [1.82, 2.24) is 25.1 Å². The third-order valence-electron chi connectivity index (χ3n) is 2.53. The lowest BCUT2D eigenvalue weighted by Crippen LogP contribution is -2.17. The van der Waals surface area contributed by atoms with Crippen LogP contribution in [0.15, 0.2) is 24.3 Å². The number of tetrazole rings is 1. The Hall–Kier alpha value is -2.28. The minimum Gasteiger partial charge on any atom is -0.465 e. The normalized spacial score (nSPS) is 10.7. The molecule has 7 nitrogen and oxygen atoms in total. The van der Waals surface area contributed by atoms with Gasteiger partial charge < -0.3 is 9.64 Å². The Labute approximate surface area is 110 Å². The van der Waals surface area contributed by atoms with Crippen LogP contribution in [-0.2, 0) is 11.3 Å². The number of para-hydroxylation sites is 1. The Morgan fingerprint density at radius 3 is 2.79 bits per heavy atom. The van der Waals surface area contributed by atoms with Crippen molar-refractivity contribution in [3.8, 4) is 5.69 Å². The van der Waals surface area contributed by atoms with E-state index in [4.69, 9.17) is 4.74 Å². The number of aromatic nitrogens is 4. The highest BCUT2D eigenvalue weighted by molar-refractivity contribution is 5.93. The SMILES string of the molecule is COC(=O)c1ccccc1-n1nnnc1CN(C)C. The molecule has 1 heterocycles. The summed E-state index contributed by atoms with van der Waals surface area (Å²) in [5.74, 6) is 0.239. The van der Waals surface area contributed by atoms with Crippen LogP contribution < -0.4 is 0 Å². The molecule has 19 heavy (non-hydrogen) atoms. The average Bonchev–Trinajstić information content (AvgIpc) is 2.85. The van der Waals surface area contributed by atoms with E-state index in [2.05, 4.69) is 15.5 Å². The molecule has 0 bridgehead atoms. The van der Waals surface area contributed by atoms with E-state index in [-0.39, 0.29) is 0 Å². The summed E-state index contributed by atoms with van der Waals surface area (Å²) >= 11 is 0. The van der Waals surface area contributed by atoms with Crippen LogP contribution in [0.25, 0.3) is 5.69 Å². The van der Waals surface area contributed by atoms with Gasteiger partial charge in [0.15, 0.2) is 5.82 Å². The minimum absolute atomic E-state index is 0.415. The van der Waals surface area contributed by atoms with Crippen molar-refractivity contribution in [1.29, 1.82) is 0 Å². The Balaban J connectivity index is 2.47. The Morgan fingerprint density at radius 1 is 1.37 bits per heavy atom. The van der Waals surface area contributed by atoms with Gasteiger partial charge in [-0.05, 0) is 36.7 Å². The van der Waals surface area contributed by atoms with E-state index in [9.17, 15) is 4.79 Å². The molecule has 0 N–H and O–H groups in total. The van der Waals surface area contributed by atoms with E-state index in [0.29, 0.717) is 23.6 Å². The number of nitrogens with zero attached hydrogens (tertiary/aromatic N) is 5. The summed E-state index contributed by atoms with van der Waals surface area (Å²) in [5.41, 5.74) is 1.04. The van der Waals surface area contributed by atoms with Gasteiger partial charge in [-0.3, -0.25) is 0 Å². The molecule has 0 aliphatic rings. The number of hydrogen-bond acceptors (Lipinski definition) is 6. The maximum atomic E-state index is 11.7. The van der Waals surface area contributed by atoms with Crippen LogP contribution >= 0.6 is 0 Å². The highest BCUT2D eigenvalue weighted by Crippen LogP contribution is 2.15. The molecule has 0 aliphatic carbocycles. The number of methoxy groups -OCH3 is 1. The van der Waals surface area contributed by atoms with Gasteiger partial charge in [0.2, 0.25) is 0 Å². The third-order valence-corrected chi connectivity index (χ3v) is 2.53. The molecule has 0 saturated heterocycles. The van der Waals surface area contributed by atoms with Gasteiger partial charge in [-0.1, -0.05) is 12.1 Å². The maximum Gasteiger partial charge on any atom is 0.340 e. The number of benzene rings is 1. The fraction of sp³-hybridized carbons (Fsp3) is 0.333. The molecule has 7 heteroatoms. The highest BCUT2D eigenvalue weighted by Gasteiger charge is 2.16. The van der Waals surface area contributed by atoms with Crippen LogP contribution in [-0.4, -0.2) is 52.3 Å². The second kappa shape index (κ2) is 5.57. The molecule has 1 aromatic heterocycles. The van der Waals surface area contributed by atoms with Gasteiger partial charge >= 0.3 is 5.97 Å². The lowest BCUT2D eigenvalue weighted by atomic mass is 10.2. The van der Waals surface area contributed by atoms with E-state index in [0.717, 1.165) is 0 Å². The summed E-state index contributed by atoms with van der Waals surface area (Å²) in [7, 11) is 5.19. The molecular formula is C12H15N5O2. The molecule has 0 amide bonds. The van der Waals surface area contributed by atoms with E-state index in [1.54, 1.807) is 22.9 Å². The number of ether oxygens (including phenoxy) is 1. The molecule has 100 valence electrons. The minimum atomic E-state index is -0.415. The second-order valence-electron chi connectivity index (χ2n) is 4.25. The van der Waals surface area contributed by atoms with Crippen molar-refractivity contribution in [2.45, 2.75) is 6.54 Å². The molecule has 0 saturated carbocycles. The summed E-state index contributed by atoms with van der Waals surface area (Å²) in [6.07, 6.45) is 0. The number of esters is 1. The lowest BCUT2D eigenvalue weighted by molar-refractivity contribution is 0.0600. The van der Waals surface area contributed by atoms with Crippen LogP contribution in [0.1, 0.15) is 16.2 Å². The van der Waals surface area contributed by atoms with Gasteiger partial charge in [-0.25, -0.2) is 4.79 Å². The van der Waals surface area contributed by atoms with Crippen LogP contribution in [0.2, 0.25) is 0 Å². The summed E-state index contributed by atoms with van der Waals surface area (Å²) in [4.78, 5) is 13.7. The van der Waals surface area contributed by atoms with Crippen LogP contribution in [0.3, 0.4) is 0 Å². The number of rotatable bonds is 4. The molecule has 0 spiro atoms. The number of carbonyl (C=O) groups is 1. The molecule has 2 aromatic rings. The summed E-state index contributed by atoms with van der Waals surface area (Å²) in [6, 6.07) is 7.05. The van der Waals surface area contributed by atoms with Crippen LogP contribution in [0.5, 0.6) is 0 Å². The average molecular weight is 261 g/mol. The monoisotopic (exact) mass is 261 g/mol. The third kappa shape index (κ3) is 2.76. The van der Waals surface area contributed by atoms with E-state index >= 15 is 0 Å². The topological polar surface area (TPSA) is 73.1 Å². The van der Waals surface area contributed by atoms with E-state index in [1.807, 2.05) is 25.1 Å². The Bertz CT molecular complexity index is 579. The van der Waals surface area contributed by atoms with Gasteiger partial charge in [0.25, 0.3) is 0 Å². The van der Waals surface area contributed by atoms with Gasteiger partial charge in [-0.15, -0.1) is 5.10 Å². The molecule has 1 aromatic carbocycles. The van der Waals surface area contributed by atoms with Crippen molar-refractivity contribution < 1.29 is 9.53 Å². The van der Waals surface area contributed by atoms with E-state index in [1.165, 1.54) is 7.11 Å². The molecule has 0 unspecified atom stereocenters. The molecule has 0 aliphatic heterocycles. The first-order valence-electron chi connectivity index (χ1n) is 5.73. The zero-order valence-electron chi connectivity index (χ0n) is 11.1. The number of hydrogen-bond donors (Lipinski definition) is 0. The first-order chi connectivity index (χ1) is 9.13. The van der Waals surface area contributed by atoms with Crippen molar-refractivity contribution in [3.05, 3.63) is 35.7 Å². The molecule has 2 rings (SSSR count). The first kappa shape index (κ1) is 13.2. The molecular weight excluding hydrogens is 246 g/mol. The fourth-order valence-electron chi connectivity index (χ4n) is 1.72. The summed E-state index contributed by atoms with van der Waals surface area (Å²) in [6.45, 7) is 0.572. The van der Waals surface area contributed by atoms with Crippen molar-refractivity contribution in [2.75, 3.05) is 21.2 Å². The predicted molar refractivity (Wildman–Crippen MR) is 67.9 cm³/mol. The molecule has 0 radical (unpaired) electrons. The fourth-order valence-corrected chi connectivity index (χ4v) is 1.72. The lowest BCUT2D eigenvalue weighted by Gasteiger charge is -2.11. The summed E-state index contributed by atoms with van der Waals surface area (Å²) in [5, 5.41) is 11.6. The smallest absolute Gasteiger partial charge is 0.340 e. The highest BCUT2D eigenvalue weighted by atomic mass is 16.5. The van der Waals surface area contributed by atoms with Gasteiger partial charge in [0.05, 0.1) is 24.9 Å². The number of carbonyl (C=O) groups excluding carboxylic acids is 1. The predicted octanol–water partition coefficient (Wildman–Crippen LogP) is 0.510. The quantitative estimate of drug-likeness (QED) is 0.747. The van der Waals surface area contributed by atoms with Gasteiger partial charge in [0, 0.05) is 0 Å². The van der Waals surface area contributed by atoms with Crippen molar-refractivity contribution >= 4 is 5.97 Å².